The lowest BCUT2D eigenvalue weighted by atomic mass is 9.89. The summed E-state index contributed by atoms with van der Waals surface area (Å²) in [7, 11) is 0. The van der Waals surface area contributed by atoms with Crippen LogP contribution in [0, 0.1) is 0 Å². The maximum absolute atomic E-state index is 13.5. The first-order valence-electron chi connectivity index (χ1n) is 11.8. The molecule has 0 atom stereocenters. The first-order valence-corrected chi connectivity index (χ1v) is 11.8. The lowest BCUT2D eigenvalue weighted by Gasteiger charge is -2.26. The molecule has 1 heterocycles. The average Bonchev–Trinajstić information content (AvgIpc) is 3.04. The first-order chi connectivity index (χ1) is 15.5. The van der Waals surface area contributed by atoms with Crippen molar-refractivity contribution in [3.8, 4) is 11.1 Å². The van der Waals surface area contributed by atoms with Crippen molar-refractivity contribution in [2.75, 3.05) is 0 Å². The van der Waals surface area contributed by atoms with Gasteiger partial charge < -0.3 is 5.11 Å². The van der Waals surface area contributed by atoms with E-state index in [1.54, 1.807) is 12.1 Å². The second kappa shape index (κ2) is 10.6. The van der Waals surface area contributed by atoms with Gasteiger partial charge in [0.05, 0.1) is 12.1 Å². The van der Waals surface area contributed by atoms with Gasteiger partial charge in [-0.05, 0) is 42.0 Å². The highest BCUT2D eigenvalue weighted by Gasteiger charge is 2.46. The molecule has 0 radical (unpaired) electrons. The lowest BCUT2D eigenvalue weighted by molar-refractivity contribution is -0.132. The number of carbonyl (C=O) groups excluding carboxylic acids is 1. The number of rotatable bonds is 11. The monoisotopic (exact) mass is 434 g/mol. The first kappa shape index (κ1) is 23.7. The Balaban J connectivity index is 1.86. The number of hydrogen-bond donors (Lipinski definition) is 1. The summed E-state index contributed by atoms with van der Waals surface area (Å²) in [6.07, 6.45) is 6.34. The number of amidine groups is 1. The van der Waals surface area contributed by atoms with E-state index in [-0.39, 0.29) is 11.5 Å². The average molecular weight is 435 g/mol. The van der Waals surface area contributed by atoms with Crippen molar-refractivity contribution in [3.63, 3.8) is 0 Å². The molecule has 1 N–H and O–H groups in total. The molecular formula is C27H34N2O3. The highest BCUT2D eigenvalue weighted by molar-refractivity contribution is 6.08. The molecule has 2 aromatic rings. The number of amides is 1. The highest BCUT2D eigenvalue weighted by Crippen LogP contribution is 2.35. The van der Waals surface area contributed by atoms with Crippen molar-refractivity contribution in [2.45, 2.75) is 77.8 Å². The van der Waals surface area contributed by atoms with Crippen LogP contribution in [0.2, 0.25) is 0 Å². The highest BCUT2D eigenvalue weighted by atomic mass is 16.4. The molecule has 0 saturated heterocycles. The van der Waals surface area contributed by atoms with E-state index in [4.69, 9.17) is 4.99 Å². The molecule has 170 valence electrons. The molecule has 0 fully saturated rings. The summed E-state index contributed by atoms with van der Waals surface area (Å²) in [6, 6.07) is 14.9. The number of hydrogen-bond acceptors (Lipinski definition) is 3. The lowest BCUT2D eigenvalue weighted by Crippen LogP contribution is -2.42. The fourth-order valence-electron chi connectivity index (χ4n) is 4.58. The van der Waals surface area contributed by atoms with Crippen molar-refractivity contribution < 1.29 is 14.7 Å². The smallest absolute Gasteiger partial charge is 0.336 e. The Morgan fingerprint density at radius 1 is 0.969 bits per heavy atom. The van der Waals surface area contributed by atoms with E-state index >= 15 is 0 Å². The van der Waals surface area contributed by atoms with Gasteiger partial charge in [0.25, 0.3) is 5.91 Å². The molecule has 3 rings (SSSR count). The van der Waals surface area contributed by atoms with E-state index in [0.29, 0.717) is 12.1 Å². The third-order valence-corrected chi connectivity index (χ3v) is 6.14. The SMILES string of the molecule is CCCCC1=NC(CCC)(CCC)C(=O)N1Cc1ccc(-c2ccccc2C(=O)O)cc1. The second-order valence-electron chi connectivity index (χ2n) is 8.60. The molecule has 32 heavy (non-hydrogen) atoms. The Labute approximate surface area is 191 Å². The maximum atomic E-state index is 13.5. The van der Waals surface area contributed by atoms with Crippen molar-refractivity contribution in [3.05, 3.63) is 59.7 Å². The quantitative estimate of drug-likeness (QED) is 0.450. The molecule has 0 aromatic heterocycles. The van der Waals surface area contributed by atoms with Gasteiger partial charge in [-0.3, -0.25) is 14.7 Å². The number of carboxylic acids is 1. The third kappa shape index (κ3) is 4.93. The summed E-state index contributed by atoms with van der Waals surface area (Å²) in [5, 5.41) is 9.48. The predicted octanol–water partition coefficient (Wildman–Crippen LogP) is 6.32. The molecule has 0 aliphatic carbocycles. The topological polar surface area (TPSA) is 70.0 Å². The van der Waals surface area contributed by atoms with Gasteiger partial charge in [0.2, 0.25) is 0 Å². The van der Waals surface area contributed by atoms with E-state index in [2.05, 4.69) is 20.8 Å². The van der Waals surface area contributed by atoms with Crippen molar-refractivity contribution >= 4 is 17.7 Å². The van der Waals surface area contributed by atoms with Crippen molar-refractivity contribution in [2.24, 2.45) is 4.99 Å². The predicted molar refractivity (Wildman–Crippen MR) is 129 cm³/mol. The van der Waals surface area contributed by atoms with Gasteiger partial charge in [0.15, 0.2) is 0 Å². The number of carbonyl (C=O) groups is 2. The number of aromatic carboxylic acids is 1. The number of benzene rings is 2. The molecule has 0 bridgehead atoms. The van der Waals surface area contributed by atoms with E-state index in [9.17, 15) is 14.7 Å². The second-order valence-corrected chi connectivity index (χ2v) is 8.60. The van der Waals surface area contributed by atoms with Gasteiger partial charge in [0.1, 0.15) is 11.4 Å². The van der Waals surface area contributed by atoms with Crippen LogP contribution in [-0.4, -0.2) is 33.3 Å². The van der Waals surface area contributed by atoms with E-state index in [0.717, 1.165) is 61.9 Å². The largest absolute Gasteiger partial charge is 0.478 e. The summed E-state index contributed by atoms with van der Waals surface area (Å²) < 4.78 is 0. The Bertz CT molecular complexity index is 973. The Morgan fingerprint density at radius 2 is 1.62 bits per heavy atom. The Morgan fingerprint density at radius 3 is 2.22 bits per heavy atom. The number of carboxylic acid groups (broad SMARTS) is 1. The summed E-state index contributed by atoms with van der Waals surface area (Å²) in [5.41, 5.74) is 2.24. The van der Waals surface area contributed by atoms with E-state index in [1.807, 2.05) is 41.3 Å². The fraction of sp³-hybridized carbons (Fsp3) is 0.444. The molecule has 1 aliphatic rings. The summed E-state index contributed by atoms with van der Waals surface area (Å²) in [4.78, 5) is 32.0. The van der Waals surface area contributed by atoms with Gasteiger partial charge in [0, 0.05) is 6.42 Å². The normalized spacial score (nSPS) is 15.2. The van der Waals surface area contributed by atoms with Gasteiger partial charge in [-0.1, -0.05) is 82.5 Å². The minimum Gasteiger partial charge on any atom is -0.478 e. The zero-order chi connectivity index (χ0) is 23.1. The van der Waals surface area contributed by atoms with E-state index < -0.39 is 11.5 Å². The van der Waals surface area contributed by atoms with Crippen LogP contribution in [-0.2, 0) is 11.3 Å². The van der Waals surface area contributed by atoms with Crippen LogP contribution in [0.15, 0.2) is 53.5 Å². The molecule has 1 aliphatic heterocycles. The maximum Gasteiger partial charge on any atom is 0.336 e. The summed E-state index contributed by atoms with van der Waals surface area (Å²) >= 11 is 0. The molecule has 0 saturated carbocycles. The number of aliphatic imine (C=N–C) groups is 1. The zero-order valence-electron chi connectivity index (χ0n) is 19.4. The fourth-order valence-corrected chi connectivity index (χ4v) is 4.58. The zero-order valence-corrected chi connectivity index (χ0v) is 19.4. The minimum absolute atomic E-state index is 0.132. The molecule has 5 heteroatoms. The molecular weight excluding hydrogens is 400 g/mol. The van der Waals surface area contributed by atoms with Crippen molar-refractivity contribution in [1.82, 2.24) is 4.90 Å². The molecule has 0 spiro atoms. The van der Waals surface area contributed by atoms with Crippen LogP contribution in [0.5, 0.6) is 0 Å². The summed E-state index contributed by atoms with van der Waals surface area (Å²) in [6.45, 7) is 6.88. The standard InChI is InChI=1S/C27H34N2O3/c1-4-7-12-24-28-27(17-5-2,18-6-3)26(32)29(24)19-20-13-15-21(16-14-20)22-10-8-9-11-23(22)25(30)31/h8-11,13-16H,4-7,12,17-19H2,1-3H3,(H,30,31). The molecule has 1 amide bonds. The van der Waals surface area contributed by atoms with Gasteiger partial charge in [-0.25, -0.2) is 4.79 Å². The van der Waals surface area contributed by atoms with Gasteiger partial charge in [-0.15, -0.1) is 0 Å². The van der Waals surface area contributed by atoms with Gasteiger partial charge in [-0.2, -0.15) is 0 Å². The van der Waals surface area contributed by atoms with Crippen LogP contribution in [0.25, 0.3) is 11.1 Å². The minimum atomic E-state index is -0.938. The third-order valence-electron chi connectivity index (χ3n) is 6.14. The number of unbranched alkanes of at least 4 members (excludes halogenated alkanes) is 1. The Kier molecular flexibility index (Phi) is 7.84. The van der Waals surface area contributed by atoms with Crippen LogP contribution in [0.1, 0.15) is 81.6 Å². The van der Waals surface area contributed by atoms with Gasteiger partial charge >= 0.3 is 5.97 Å². The number of nitrogens with zero attached hydrogens (tertiary/aromatic N) is 2. The summed E-state index contributed by atoms with van der Waals surface area (Å²) in [5.74, 6) is 0.110. The van der Waals surface area contributed by atoms with E-state index in [1.165, 1.54) is 0 Å². The molecule has 5 nitrogen and oxygen atoms in total. The van der Waals surface area contributed by atoms with Crippen LogP contribution < -0.4 is 0 Å². The molecule has 2 aromatic carbocycles. The molecule has 0 unspecified atom stereocenters. The van der Waals surface area contributed by atoms with Crippen LogP contribution in [0.3, 0.4) is 0 Å². The van der Waals surface area contributed by atoms with Crippen LogP contribution in [0.4, 0.5) is 0 Å². The van der Waals surface area contributed by atoms with Crippen LogP contribution >= 0.6 is 0 Å². The Hall–Kier alpha value is -2.95. The van der Waals surface area contributed by atoms with Crippen molar-refractivity contribution in [1.29, 1.82) is 0 Å².